The Bertz CT molecular complexity index is 721. The third kappa shape index (κ3) is 8.34. The molecule has 2 aromatic rings. The van der Waals surface area contributed by atoms with Gasteiger partial charge in [-0.15, -0.1) is 24.0 Å². The normalized spacial score (nSPS) is 14.1. The molecule has 0 spiro atoms. The third-order valence-corrected chi connectivity index (χ3v) is 5.43. The third-order valence-electron chi connectivity index (χ3n) is 4.48. The van der Waals surface area contributed by atoms with Gasteiger partial charge in [-0.25, -0.2) is 4.99 Å². The van der Waals surface area contributed by atoms with Crippen molar-refractivity contribution in [2.24, 2.45) is 4.99 Å². The number of guanidine groups is 1. The average Bonchev–Trinajstić information content (AvgIpc) is 2.76. The maximum atomic E-state index is 5.72. The second-order valence-electron chi connectivity index (χ2n) is 6.55. The first kappa shape index (κ1) is 23.7. The Kier molecular flexibility index (Phi) is 11.1. The number of hydrogen-bond acceptors (Lipinski definition) is 4. The molecule has 1 aliphatic rings. The summed E-state index contributed by atoms with van der Waals surface area (Å²) in [7, 11) is 0. The molecule has 2 N–H and O–H groups in total. The van der Waals surface area contributed by atoms with E-state index in [9.17, 15) is 0 Å². The molecule has 0 saturated carbocycles. The minimum absolute atomic E-state index is 0. The molecule has 158 valence electrons. The van der Waals surface area contributed by atoms with Gasteiger partial charge in [0.05, 0.1) is 13.1 Å². The number of hydrogen-bond donors (Lipinski definition) is 2. The van der Waals surface area contributed by atoms with Crippen LogP contribution in [-0.4, -0.2) is 50.3 Å². The number of anilines is 1. The summed E-state index contributed by atoms with van der Waals surface area (Å²) in [4.78, 5) is 7.15. The number of thioether (sulfide) groups is 1. The van der Waals surface area contributed by atoms with Crippen LogP contribution in [0.3, 0.4) is 0 Å². The van der Waals surface area contributed by atoms with Gasteiger partial charge in [0, 0.05) is 36.8 Å². The molecule has 29 heavy (non-hydrogen) atoms. The van der Waals surface area contributed by atoms with Gasteiger partial charge in [-0.05, 0) is 36.8 Å². The van der Waals surface area contributed by atoms with E-state index in [1.54, 1.807) is 0 Å². The van der Waals surface area contributed by atoms with Crippen LogP contribution in [-0.2, 0) is 6.54 Å². The molecule has 5 nitrogen and oxygen atoms in total. The Morgan fingerprint density at radius 3 is 2.45 bits per heavy atom. The van der Waals surface area contributed by atoms with E-state index in [1.165, 1.54) is 22.8 Å². The van der Waals surface area contributed by atoms with Crippen molar-refractivity contribution in [3.63, 3.8) is 0 Å². The lowest BCUT2D eigenvalue weighted by atomic mass is 10.2. The number of nitrogens with one attached hydrogen (secondary N) is 2. The van der Waals surface area contributed by atoms with E-state index in [1.807, 2.05) is 42.1 Å². The molecule has 1 fully saturated rings. The van der Waals surface area contributed by atoms with Gasteiger partial charge in [0.25, 0.3) is 0 Å². The minimum atomic E-state index is 0. The fraction of sp³-hybridized carbons (Fsp3) is 0.409. The van der Waals surface area contributed by atoms with Crippen molar-refractivity contribution in [1.29, 1.82) is 0 Å². The van der Waals surface area contributed by atoms with Crippen LogP contribution in [0.4, 0.5) is 5.69 Å². The van der Waals surface area contributed by atoms with Crippen LogP contribution in [0.2, 0.25) is 0 Å². The first-order valence-electron chi connectivity index (χ1n) is 9.97. The van der Waals surface area contributed by atoms with E-state index in [2.05, 4.69) is 46.7 Å². The van der Waals surface area contributed by atoms with E-state index in [-0.39, 0.29) is 24.0 Å². The summed E-state index contributed by atoms with van der Waals surface area (Å²) in [5, 5.41) is 6.61. The molecule has 0 radical (unpaired) electrons. The van der Waals surface area contributed by atoms with Crippen LogP contribution in [0.1, 0.15) is 12.5 Å². The summed E-state index contributed by atoms with van der Waals surface area (Å²) in [6.07, 6.45) is 0. The molecular weight excluding hydrogens is 495 g/mol. The van der Waals surface area contributed by atoms with Crippen molar-refractivity contribution in [1.82, 2.24) is 10.6 Å². The van der Waals surface area contributed by atoms with Gasteiger partial charge in [-0.3, -0.25) is 0 Å². The molecule has 3 rings (SSSR count). The largest absolute Gasteiger partial charge is 0.492 e. The van der Waals surface area contributed by atoms with Crippen molar-refractivity contribution < 1.29 is 4.74 Å². The Labute approximate surface area is 195 Å². The lowest BCUT2D eigenvalue weighted by molar-refractivity contribution is 0.322. The standard InChI is InChI=1S/C22H30N4OS.HI/c1-2-23-22(24-12-15-27-21-6-4-3-5-7-21)25-18-19-8-10-20(11-9-19)26-13-16-28-17-14-26;/h3-11H,2,12-18H2,1H3,(H2,23,24,25);1H. The first-order chi connectivity index (χ1) is 13.8. The zero-order chi connectivity index (χ0) is 19.4. The Morgan fingerprint density at radius 2 is 1.76 bits per heavy atom. The summed E-state index contributed by atoms with van der Waals surface area (Å²) in [5.41, 5.74) is 2.53. The molecule has 1 aliphatic heterocycles. The highest BCUT2D eigenvalue weighted by molar-refractivity contribution is 14.0. The van der Waals surface area contributed by atoms with Crippen LogP contribution in [0, 0.1) is 0 Å². The van der Waals surface area contributed by atoms with Gasteiger partial charge >= 0.3 is 0 Å². The quantitative estimate of drug-likeness (QED) is 0.236. The monoisotopic (exact) mass is 526 g/mol. The smallest absolute Gasteiger partial charge is 0.191 e. The van der Waals surface area contributed by atoms with Gasteiger partial charge < -0.3 is 20.3 Å². The fourth-order valence-corrected chi connectivity index (χ4v) is 3.90. The lowest BCUT2D eigenvalue weighted by Crippen LogP contribution is -2.39. The molecular formula is C22H31IN4OS. The summed E-state index contributed by atoms with van der Waals surface area (Å²) >= 11 is 2.04. The van der Waals surface area contributed by atoms with Gasteiger partial charge in [0.15, 0.2) is 5.96 Å². The predicted molar refractivity (Wildman–Crippen MR) is 136 cm³/mol. The molecule has 2 aromatic carbocycles. The fourth-order valence-electron chi connectivity index (χ4n) is 3.00. The molecule has 7 heteroatoms. The predicted octanol–water partition coefficient (Wildman–Crippen LogP) is 3.99. The zero-order valence-corrected chi connectivity index (χ0v) is 20.1. The van der Waals surface area contributed by atoms with Crippen LogP contribution in [0.15, 0.2) is 59.6 Å². The minimum Gasteiger partial charge on any atom is -0.492 e. The van der Waals surface area contributed by atoms with Crippen molar-refractivity contribution >= 4 is 47.4 Å². The van der Waals surface area contributed by atoms with Crippen LogP contribution in [0.5, 0.6) is 5.75 Å². The lowest BCUT2D eigenvalue weighted by Gasteiger charge is -2.28. The molecule has 0 unspecified atom stereocenters. The Hall–Kier alpha value is -1.61. The molecule has 1 heterocycles. The van der Waals surface area contributed by atoms with E-state index in [0.29, 0.717) is 19.7 Å². The van der Waals surface area contributed by atoms with E-state index < -0.39 is 0 Å². The SMILES string of the molecule is CCNC(=NCc1ccc(N2CCSCC2)cc1)NCCOc1ccccc1.I. The number of rotatable bonds is 8. The maximum absolute atomic E-state index is 5.72. The highest BCUT2D eigenvalue weighted by Crippen LogP contribution is 2.20. The number of nitrogens with zero attached hydrogens (tertiary/aromatic N) is 2. The second kappa shape index (κ2) is 13.6. The molecule has 1 saturated heterocycles. The van der Waals surface area contributed by atoms with Crippen molar-refractivity contribution in [3.05, 3.63) is 60.2 Å². The first-order valence-corrected chi connectivity index (χ1v) is 11.1. The highest BCUT2D eigenvalue weighted by Gasteiger charge is 2.10. The van der Waals surface area contributed by atoms with Gasteiger partial charge in [0.1, 0.15) is 12.4 Å². The number of aliphatic imine (C=N–C) groups is 1. The zero-order valence-electron chi connectivity index (χ0n) is 17.0. The van der Waals surface area contributed by atoms with Crippen LogP contribution < -0.4 is 20.3 Å². The molecule has 0 aliphatic carbocycles. The maximum Gasteiger partial charge on any atom is 0.191 e. The van der Waals surface area contributed by atoms with Crippen molar-refractivity contribution in [2.75, 3.05) is 49.2 Å². The average molecular weight is 526 g/mol. The summed E-state index contributed by atoms with van der Waals surface area (Å²) in [6, 6.07) is 18.7. The second-order valence-corrected chi connectivity index (χ2v) is 7.77. The topological polar surface area (TPSA) is 48.9 Å². The van der Waals surface area contributed by atoms with Gasteiger partial charge in [0.2, 0.25) is 0 Å². The summed E-state index contributed by atoms with van der Waals surface area (Å²) < 4.78 is 5.72. The summed E-state index contributed by atoms with van der Waals surface area (Å²) in [6.45, 7) is 7.14. The van der Waals surface area contributed by atoms with Crippen molar-refractivity contribution in [3.8, 4) is 5.75 Å². The molecule has 0 atom stereocenters. The Balaban J connectivity index is 0.00000300. The number of benzene rings is 2. The Morgan fingerprint density at radius 1 is 1.03 bits per heavy atom. The molecule has 0 aromatic heterocycles. The van der Waals surface area contributed by atoms with Crippen LogP contribution in [0.25, 0.3) is 0 Å². The van der Waals surface area contributed by atoms with Crippen molar-refractivity contribution in [2.45, 2.75) is 13.5 Å². The number of ether oxygens (including phenoxy) is 1. The number of para-hydroxylation sites is 1. The van der Waals surface area contributed by atoms with E-state index in [4.69, 9.17) is 9.73 Å². The molecule has 0 amide bonds. The van der Waals surface area contributed by atoms with Gasteiger partial charge in [-0.1, -0.05) is 30.3 Å². The summed E-state index contributed by atoms with van der Waals surface area (Å²) in [5.74, 6) is 4.14. The van der Waals surface area contributed by atoms with Crippen LogP contribution >= 0.6 is 35.7 Å². The van der Waals surface area contributed by atoms with E-state index >= 15 is 0 Å². The van der Waals surface area contributed by atoms with E-state index in [0.717, 1.165) is 31.3 Å². The molecule has 0 bridgehead atoms. The highest BCUT2D eigenvalue weighted by atomic mass is 127. The van der Waals surface area contributed by atoms with Gasteiger partial charge in [-0.2, -0.15) is 11.8 Å². The number of halogens is 1.